The van der Waals surface area contributed by atoms with E-state index in [4.69, 9.17) is 0 Å². The maximum atomic E-state index is 4.32. The summed E-state index contributed by atoms with van der Waals surface area (Å²) in [4.78, 5) is 0. The first kappa shape index (κ1) is 11.2. The van der Waals surface area contributed by atoms with Crippen LogP contribution in [0.4, 0.5) is 0 Å². The molecule has 16 heavy (non-hydrogen) atoms. The molecule has 6 heteroatoms. The Labute approximate surface area is 98.8 Å². The van der Waals surface area contributed by atoms with Crippen molar-refractivity contribution >= 4 is 11.7 Å². The molecule has 86 valence electrons. The van der Waals surface area contributed by atoms with Gasteiger partial charge in [-0.25, -0.2) is 0 Å². The maximum absolute atomic E-state index is 4.32. The summed E-state index contributed by atoms with van der Waals surface area (Å²) in [6, 6.07) is 0.0874. The third-order valence-electron chi connectivity index (χ3n) is 2.40. The van der Waals surface area contributed by atoms with Gasteiger partial charge in [-0.15, -0.1) is 0 Å². The molecule has 0 aliphatic carbocycles. The van der Waals surface area contributed by atoms with E-state index in [0.717, 1.165) is 24.2 Å². The van der Waals surface area contributed by atoms with Gasteiger partial charge in [0, 0.05) is 18.3 Å². The molecule has 0 spiro atoms. The molecular weight excluding hydrogens is 222 g/mol. The summed E-state index contributed by atoms with van der Waals surface area (Å²) in [6.07, 6.45) is 6.83. The van der Waals surface area contributed by atoms with Crippen molar-refractivity contribution in [1.82, 2.24) is 23.8 Å². The van der Waals surface area contributed by atoms with Crippen molar-refractivity contribution in [3.05, 3.63) is 29.8 Å². The molecule has 2 rings (SSSR count). The molecule has 0 radical (unpaired) electrons. The van der Waals surface area contributed by atoms with Crippen LogP contribution in [-0.4, -0.2) is 25.6 Å². The average Bonchev–Trinajstić information content (AvgIpc) is 2.92. The highest BCUT2D eigenvalue weighted by molar-refractivity contribution is 6.99. The van der Waals surface area contributed by atoms with Crippen LogP contribution >= 0.6 is 11.7 Å². The van der Waals surface area contributed by atoms with Crippen LogP contribution in [0.15, 0.2) is 18.6 Å². The van der Waals surface area contributed by atoms with Crippen molar-refractivity contribution in [1.29, 1.82) is 0 Å². The number of hydrogen-bond donors (Lipinski definition) is 1. The van der Waals surface area contributed by atoms with E-state index in [0.29, 0.717) is 0 Å². The minimum Gasteiger partial charge on any atom is -0.308 e. The van der Waals surface area contributed by atoms with Gasteiger partial charge in [-0.1, -0.05) is 6.92 Å². The molecule has 2 heterocycles. The Morgan fingerprint density at radius 1 is 1.50 bits per heavy atom. The van der Waals surface area contributed by atoms with Crippen LogP contribution in [0, 0.1) is 0 Å². The van der Waals surface area contributed by atoms with E-state index >= 15 is 0 Å². The number of nitrogens with zero attached hydrogens (tertiary/aromatic N) is 4. The lowest BCUT2D eigenvalue weighted by atomic mass is 10.1. The molecule has 0 aromatic carbocycles. The van der Waals surface area contributed by atoms with Crippen LogP contribution in [0.3, 0.4) is 0 Å². The molecule has 2 aromatic rings. The lowest BCUT2D eigenvalue weighted by Gasteiger charge is -2.10. The number of aryl methyl sites for hydroxylation is 1. The van der Waals surface area contributed by atoms with E-state index < -0.39 is 0 Å². The van der Waals surface area contributed by atoms with E-state index in [1.165, 1.54) is 11.7 Å². The molecule has 0 fully saturated rings. The van der Waals surface area contributed by atoms with Gasteiger partial charge >= 0.3 is 0 Å². The van der Waals surface area contributed by atoms with Crippen LogP contribution in [0.1, 0.15) is 30.6 Å². The zero-order chi connectivity index (χ0) is 11.4. The quantitative estimate of drug-likeness (QED) is 0.855. The number of nitrogens with one attached hydrogen (secondary N) is 1. The maximum Gasteiger partial charge on any atom is 0.0958 e. The Bertz CT molecular complexity index is 422. The fourth-order valence-electron chi connectivity index (χ4n) is 1.66. The Morgan fingerprint density at radius 3 is 3.00 bits per heavy atom. The largest absolute Gasteiger partial charge is 0.308 e. The first-order valence-corrected chi connectivity index (χ1v) is 6.05. The molecular formula is C10H15N5S. The van der Waals surface area contributed by atoms with Gasteiger partial charge < -0.3 is 5.32 Å². The molecule has 2 aromatic heterocycles. The van der Waals surface area contributed by atoms with Crippen molar-refractivity contribution < 1.29 is 0 Å². The van der Waals surface area contributed by atoms with Gasteiger partial charge in [0.25, 0.3) is 0 Å². The van der Waals surface area contributed by atoms with Gasteiger partial charge in [0.1, 0.15) is 0 Å². The number of aromatic nitrogens is 4. The monoisotopic (exact) mass is 237 g/mol. The van der Waals surface area contributed by atoms with Crippen molar-refractivity contribution in [2.45, 2.75) is 25.9 Å². The predicted molar refractivity (Wildman–Crippen MR) is 63.3 cm³/mol. The first-order chi connectivity index (χ1) is 7.85. The smallest absolute Gasteiger partial charge is 0.0958 e. The first-order valence-electron chi connectivity index (χ1n) is 5.32. The summed E-state index contributed by atoms with van der Waals surface area (Å²) in [5, 5.41) is 7.54. The van der Waals surface area contributed by atoms with Crippen molar-refractivity contribution in [3.8, 4) is 0 Å². The standard InChI is InChI=1S/C10H15N5S/c1-3-4-15-7-8(5-12-15)10(11-2)9-6-13-16-14-9/h5-7,10-11H,3-4H2,1-2H3. The summed E-state index contributed by atoms with van der Waals surface area (Å²) in [7, 11) is 1.92. The third-order valence-corrected chi connectivity index (χ3v) is 2.89. The van der Waals surface area contributed by atoms with E-state index in [1.807, 2.05) is 17.9 Å². The van der Waals surface area contributed by atoms with Gasteiger partial charge in [-0.2, -0.15) is 13.8 Å². The van der Waals surface area contributed by atoms with Crippen LogP contribution in [-0.2, 0) is 6.54 Å². The van der Waals surface area contributed by atoms with Crippen molar-refractivity contribution in [2.75, 3.05) is 7.05 Å². The van der Waals surface area contributed by atoms with Crippen LogP contribution in [0.25, 0.3) is 0 Å². The van der Waals surface area contributed by atoms with E-state index in [2.05, 4.69) is 32.3 Å². The van der Waals surface area contributed by atoms with Gasteiger partial charge in [-0.3, -0.25) is 4.68 Å². The number of rotatable bonds is 5. The second kappa shape index (κ2) is 5.18. The van der Waals surface area contributed by atoms with Crippen LogP contribution in [0.2, 0.25) is 0 Å². The summed E-state index contributed by atoms with van der Waals surface area (Å²) >= 11 is 1.23. The topological polar surface area (TPSA) is 55.6 Å². The Balaban J connectivity index is 2.20. The molecule has 0 amide bonds. The Morgan fingerprint density at radius 2 is 2.38 bits per heavy atom. The normalized spacial score (nSPS) is 12.9. The van der Waals surface area contributed by atoms with Gasteiger partial charge in [0.2, 0.25) is 0 Å². The predicted octanol–water partition coefficient (Wildman–Crippen LogP) is 1.45. The number of hydrogen-bond acceptors (Lipinski definition) is 5. The van der Waals surface area contributed by atoms with E-state index in [1.54, 1.807) is 6.20 Å². The lowest BCUT2D eigenvalue weighted by Crippen LogP contribution is -2.17. The second-order valence-electron chi connectivity index (χ2n) is 3.59. The fraction of sp³-hybridized carbons (Fsp3) is 0.500. The third kappa shape index (κ3) is 2.28. The zero-order valence-electron chi connectivity index (χ0n) is 9.42. The Kier molecular flexibility index (Phi) is 3.63. The minimum atomic E-state index is 0.0874. The fourth-order valence-corrected chi connectivity index (χ4v) is 2.11. The molecule has 0 bridgehead atoms. The molecule has 1 N–H and O–H groups in total. The van der Waals surface area contributed by atoms with E-state index in [9.17, 15) is 0 Å². The SMILES string of the molecule is CCCn1cc(C(NC)c2cnsn2)cn1. The van der Waals surface area contributed by atoms with Crippen molar-refractivity contribution in [2.24, 2.45) is 0 Å². The molecule has 0 saturated heterocycles. The molecule has 1 atom stereocenters. The van der Waals surface area contributed by atoms with Gasteiger partial charge in [0.05, 0.1) is 35.9 Å². The minimum absolute atomic E-state index is 0.0874. The van der Waals surface area contributed by atoms with E-state index in [-0.39, 0.29) is 6.04 Å². The molecule has 5 nitrogen and oxygen atoms in total. The summed E-state index contributed by atoms with van der Waals surface area (Å²) in [5.74, 6) is 0. The molecule has 0 saturated carbocycles. The highest BCUT2D eigenvalue weighted by Gasteiger charge is 2.16. The average molecular weight is 237 g/mol. The van der Waals surface area contributed by atoms with Crippen molar-refractivity contribution in [3.63, 3.8) is 0 Å². The van der Waals surface area contributed by atoms with Crippen LogP contribution < -0.4 is 5.32 Å². The summed E-state index contributed by atoms with van der Waals surface area (Å²) in [6.45, 7) is 3.09. The Hall–Kier alpha value is -1.27. The summed E-state index contributed by atoms with van der Waals surface area (Å²) < 4.78 is 10.2. The van der Waals surface area contributed by atoms with Gasteiger partial charge in [0.15, 0.2) is 0 Å². The molecule has 1 unspecified atom stereocenters. The molecule has 0 aliphatic rings. The van der Waals surface area contributed by atoms with Gasteiger partial charge in [-0.05, 0) is 13.5 Å². The highest BCUT2D eigenvalue weighted by Crippen LogP contribution is 2.19. The zero-order valence-corrected chi connectivity index (χ0v) is 10.2. The second-order valence-corrected chi connectivity index (χ2v) is 4.15. The highest BCUT2D eigenvalue weighted by atomic mass is 32.1. The van der Waals surface area contributed by atoms with Crippen LogP contribution in [0.5, 0.6) is 0 Å². The lowest BCUT2D eigenvalue weighted by molar-refractivity contribution is 0.600. The summed E-state index contributed by atoms with van der Waals surface area (Å²) in [5.41, 5.74) is 2.08. The molecule has 0 aliphatic heterocycles.